The van der Waals surface area contributed by atoms with E-state index in [2.05, 4.69) is 10.6 Å². The number of rotatable bonds is 6. The molecule has 2 rings (SSSR count). The number of pyridine rings is 1. The average Bonchev–Trinajstić information content (AvgIpc) is 2.54. The number of nitrogens with one attached hydrogen (secondary N) is 2. The normalized spacial score (nSPS) is 10.6. The van der Waals surface area contributed by atoms with Gasteiger partial charge in [-0.05, 0) is 51.1 Å². The second-order valence-corrected chi connectivity index (χ2v) is 6.16. The molecule has 1 heterocycles. The van der Waals surface area contributed by atoms with Gasteiger partial charge in [0.1, 0.15) is 0 Å². The fourth-order valence-corrected chi connectivity index (χ4v) is 2.40. The number of carbonyl (C=O) groups is 2. The van der Waals surface area contributed by atoms with Crippen LogP contribution in [0.2, 0.25) is 0 Å². The van der Waals surface area contributed by atoms with Crippen LogP contribution in [0.3, 0.4) is 0 Å². The molecule has 2 N–H and O–H groups in total. The maximum absolute atomic E-state index is 12.1. The molecule has 0 saturated carbocycles. The topological polar surface area (TPSA) is 80.2 Å². The van der Waals surface area contributed by atoms with Gasteiger partial charge in [0.25, 0.3) is 11.5 Å². The largest absolute Gasteiger partial charge is 0.350 e. The van der Waals surface area contributed by atoms with E-state index in [1.54, 1.807) is 34.9 Å². The van der Waals surface area contributed by atoms with Crippen LogP contribution in [0.1, 0.15) is 36.3 Å². The first-order valence-electron chi connectivity index (χ1n) is 8.24. The molecular weight excluding hydrogens is 318 g/mol. The third kappa shape index (κ3) is 5.31. The predicted molar refractivity (Wildman–Crippen MR) is 97.7 cm³/mol. The summed E-state index contributed by atoms with van der Waals surface area (Å²) in [6, 6.07) is 11.8. The minimum atomic E-state index is -0.186. The number of hydrogen-bond acceptors (Lipinski definition) is 3. The van der Waals surface area contributed by atoms with Crippen LogP contribution in [0.4, 0.5) is 5.69 Å². The van der Waals surface area contributed by atoms with Crippen LogP contribution in [0, 0.1) is 6.92 Å². The first kappa shape index (κ1) is 18.4. The molecule has 0 atom stereocenters. The van der Waals surface area contributed by atoms with Crippen LogP contribution >= 0.6 is 0 Å². The Morgan fingerprint density at radius 2 is 1.76 bits per heavy atom. The van der Waals surface area contributed by atoms with Gasteiger partial charge >= 0.3 is 0 Å². The Bertz CT molecular complexity index is 807. The van der Waals surface area contributed by atoms with Crippen LogP contribution < -0.4 is 16.2 Å². The standard InChI is InChI=1S/C19H23N3O3/c1-13(2)20-19(25)15-7-9-16(10-8-15)21-17(23)11-12-22-14(3)5-4-6-18(22)24/h4-10,13H,11-12H2,1-3H3,(H,20,25)(H,21,23). The highest BCUT2D eigenvalue weighted by atomic mass is 16.2. The van der Waals surface area contributed by atoms with Crippen molar-refractivity contribution in [1.82, 2.24) is 9.88 Å². The fourth-order valence-electron chi connectivity index (χ4n) is 2.40. The molecule has 1 aromatic carbocycles. The first-order chi connectivity index (χ1) is 11.9. The van der Waals surface area contributed by atoms with Crippen molar-refractivity contribution in [1.29, 1.82) is 0 Å². The molecule has 1 aromatic heterocycles. The second-order valence-electron chi connectivity index (χ2n) is 6.16. The van der Waals surface area contributed by atoms with Crippen LogP contribution in [0.15, 0.2) is 47.3 Å². The lowest BCUT2D eigenvalue weighted by atomic mass is 10.2. The number of aryl methyl sites for hydroxylation is 1. The van der Waals surface area contributed by atoms with E-state index in [-0.39, 0.29) is 29.8 Å². The molecule has 0 fully saturated rings. The summed E-state index contributed by atoms with van der Waals surface area (Å²) < 4.78 is 1.57. The van der Waals surface area contributed by atoms with Gasteiger partial charge in [0.2, 0.25) is 5.91 Å². The molecule has 6 nitrogen and oxygen atoms in total. The lowest BCUT2D eigenvalue weighted by Gasteiger charge is -2.11. The molecule has 0 aliphatic rings. The zero-order valence-corrected chi connectivity index (χ0v) is 14.7. The van der Waals surface area contributed by atoms with Gasteiger partial charge in [-0.15, -0.1) is 0 Å². The van der Waals surface area contributed by atoms with E-state index in [1.807, 2.05) is 26.8 Å². The van der Waals surface area contributed by atoms with Crippen molar-refractivity contribution >= 4 is 17.5 Å². The van der Waals surface area contributed by atoms with Gasteiger partial charge in [0.15, 0.2) is 0 Å². The lowest BCUT2D eigenvalue weighted by Crippen LogP contribution is -2.30. The highest BCUT2D eigenvalue weighted by molar-refractivity contribution is 5.95. The highest BCUT2D eigenvalue weighted by Crippen LogP contribution is 2.10. The molecule has 0 radical (unpaired) electrons. The van der Waals surface area contributed by atoms with E-state index in [4.69, 9.17) is 0 Å². The Morgan fingerprint density at radius 1 is 1.08 bits per heavy atom. The first-order valence-corrected chi connectivity index (χ1v) is 8.24. The van der Waals surface area contributed by atoms with Crippen molar-refractivity contribution in [2.75, 3.05) is 5.32 Å². The minimum Gasteiger partial charge on any atom is -0.350 e. The van der Waals surface area contributed by atoms with Crippen molar-refractivity contribution in [3.05, 3.63) is 64.1 Å². The SMILES string of the molecule is Cc1cccc(=O)n1CCC(=O)Nc1ccc(C(=O)NC(C)C)cc1. The molecule has 2 amide bonds. The third-order valence-corrected chi connectivity index (χ3v) is 3.68. The van der Waals surface area contributed by atoms with Crippen LogP contribution in [-0.4, -0.2) is 22.4 Å². The summed E-state index contributed by atoms with van der Waals surface area (Å²) in [6.07, 6.45) is 0.195. The molecule has 6 heteroatoms. The summed E-state index contributed by atoms with van der Waals surface area (Å²) >= 11 is 0. The van der Waals surface area contributed by atoms with Crippen LogP contribution in [0.25, 0.3) is 0 Å². The van der Waals surface area contributed by atoms with Crippen molar-refractivity contribution in [2.24, 2.45) is 0 Å². The lowest BCUT2D eigenvalue weighted by molar-refractivity contribution is -0.116. The monoisotopic (exact) mass is 341 g/mol. The molecule has 0 saturated heterocycles. The van der Waals surface area contributed by atoms with Crippen molar-refractivity contribution < 1.29 is 9.59 Å². The molecule has 2 aromatic rings. The van der Waals surface area contributed by atoms with Gasteiger partial charge < -0.3 is 15.2 Å². The summed E-state index contributed by atoms with van der Waals surface area (Å²) in [5.41, 5.74) is 1.86. The Hall–Kier alpha value is -2.89. The number of aromatic nitrogens is 1. The zero-order valence-electron chi connectivity index (χ0n) is 14.7. The van der Waals surface area contributed by atoms with Crippen molar-refractivity contribution in [3.63, 3.8) is 0 Å². The number of carbonyl (C=O) groups excluding carboxylic acids is 2. The average molecular weight is 341 g/mol. The summed E-state index contributed by atoms with van der Waals surface area (Å²) in [5, 5.41) is 5.58. The Balaban J connectivity index is 1.92. The maximum atomic E-state index is 12.1. The van der Waals surface area contributed by atoms with Crippen LogP contribution in [-0.2, 0) is 11.3 Å². The Morgan fingerprint density at radius 3 is 2.36 bits per heavy atom. The van der Waals surface area contributed by atoms with E-state index in [0.717, 1.165) is 5.69 Å². The van der Waals surface area contributed by atoms with E-state index in [9.17, 15) is 14.4 Å². The van der Waals surface area contributed by atoms with Gasteiger partial charge in [0.05, 0.1) is 0 Å². The molecule has 0 aliphatic heterocycles. The second kappa shape index (κ2) is 8.28. The van der Waals surface area contributed by atoms with Crippen molar-refractivity contribution in [2.45, 2.75) is 39.8 Å². The van der Waals surface area contributed by atoms with Crippen LogP contribution in [0.5, 0.6) is 0 Å². The number of amides is 2. The van der Waals surface area contributed by atoms with Gasteiger partial charge in [-0.25, -0.2) is 0 Å². The summed E-state index contributed by atoms with van der Waals surface area (Å²) in [5.74, 6) is -0.332. The van der Waals surface area contributed by atoms with Crippen molar-refractivity contribution in [3.8, 4) is 0 Å². The number of nitrogens with zero attached hydrogens (tertiary/aromatic N) is 1. The summed E-state index contributed by atoms with van der Waals surface area (Å²) in [7, 11) is 0. The van der Waals surface area contributed by atoms with Gasteiger partial charge in [-0.3, -0.25) is 14.4 Å². The molecule has 132 valence electrons. The Kier molecular flexibility index (Phi) is 6.11. The zero-order chi connectivity index (χ0) is 18.4. The number of hydrogen-bond donors (Lipinski definition) is 2. The van der Waals surface area contributed by atoms with Gasteiger partial charge in [0, 0.05) is 42.0 Å². The summed E-state index contributed by atoms with van der Waals surface area (Å²) in [4.78, 5) is 35.7. The minimum absolute atomic E-state index is 0.0664. The highest BCUT2D eigenvalue weighted by Gasteiger charge is 2.08. The molecule has 25 heavy (non-hydrogen) atoms. The van der Waals surface area contributed by atoms with E-state index < -0.39 is 0 Å². The maximum Gasteiger partial charge on any atom is 0.251 e. The third-order valence-electron chi connectivity index (χ3n) is 3.68. The molecule has 0 aliphatic carbocycles. The smallest absolute Gasteiger partial charge is 0.251 e. The van der Waals surface area contributed by atoms with E-state index in [0.29, 0.717) is 17.8 Å². The number of anilines is 1. The van der Waals surface area contributed by atoms with E-state index >= 15 is 0 Å². The Labute approximate surface area is 146 Å². The fraction of sp³-hybridized carbons (Fsp3) is 0.316. The number of benzene rings is 1. The van der Waals surface area contributed by atoms with E-state index in [1.165, 1.54) is 6.07 Å². The summed E-state index contributed by atoms with van der Waals surface area (Å²) in [6.45, 7) is 5.95. The molecular formula is C19H23N3O3. The molecule has 0 unspecified atom stereocenters. The molecule has 0 bridgehead atoms. The predicted octanol–water partition coefficient (Wildman–Crippen LogP) is 2.32. The van der Waals surface area contributed by atoms with Gasteiger partial charge in [-0.1, -0.05) is 6.07 Å². The molecule has 0 spiro atoms. The van der Waals surface area contributed by atoms with Gasteiger partial charge in [-0.2, -0.15) is 0 Å². The quantitative estimate of drug-likeness (QED) is 0.846.